The lowest BCUT2D eigenvalue weighted by atomic mass is 10.1. The molecular weight excluding hydrogens is 248 g/mol. The Morgan fingerprint density at radius 1 is 1.33 bits per heavy atom. The van der Waals surface area contributed by atoms with E-state index in [1.54, 1.807) is 17.5 Å². The number of nitrogens with one attached hydrogen (secondary N) is 2. The van der Waals surface area contributed by atoms with Crippen molar-refractivity contribution in [2.24, 2.45) is 5.84 Å². The smallest absolute Gasteiger partial charge is 0.239 e. The topological polar surface area (TPSA) is 88.8 Å². The number of nitrogen functional groups attached to an aromatic ring is 1. The predicted octanol–water partition coefficient (Wildman–Crippen LogP) is 1.87. The number of hydrazine groups is 1. The molecule has 2 aromatic rings. The number of nitrogens with two attached hydrogens (primary N) is 1. The van der Waals surface area contributed by atoms with Crippen molar-refractivity contribution in [3.05, 3.63) is 28.3 Å². The van der Waals surface area contributed by atoms with Crippen molar-refractivity contribution in [3.63, 3.8) is 0 Å². The summed E-state index contributed by atoms with van der Waals surface area (Å²) in [6, 6.07) is 1.87. The van der Waals surface area contributed by atoms with Gasteiger partial charge in [0.15, 0.2) is 0 Å². The molecule has 0 atom stereocenters. The van der Waals surface area contributed by atoms with Gasteiger partial charge < -0.3 is 5.32 Å². The van der Waals surface area contributed by atoms with Gasteiger partial charge in [0, 0.05) is 23.3 Å². The van der Waals surface area contributed by atoms with Crippen LogP contribution in [0.1, 0.15) is 24.5 Å². The summed E-state index contributed by atoms with van der Waals surface area (Å²) in [5, 5.41) is 6.29. The summed E-state index contributed by atoms with van der Waals surface area (Å²) in [6.07, 6.45) is 1.79. The van der Waals surface area contributed by atoms with Crippen LogP contribution < -0.4 is 16.6 Å². The molecule has 96 valence electrons. The lowest BCUT2D eigenvalue weighted by molar-refractivity contribution is 0.600. The molecule has 0 aliphatic rings. The number of aromatic nitrogens is 3. The number of anilines is 2. The van der Waals surface area contributed by atoms with Gasteiger partial charge >= 0.3 is 0 Å². The minimum absolute atomic E-state index is 0.291. The highest BCUT2D eigenvalue weighted by molar-refractivity contribution is 7.09. The van der Waals surface area contributed by atoms with Gasteiger partial charge in [-0.05, 0) is 20.8 Å². The molecule has 0 amide bonds. The van der Waals surface area contributed by atoms with Crippen molar-refractivity contribution in [2.45, 2.75) is 26.3 Å². The van der Waals surface area contributed by atoms with Crippen molar-refractivity contribution >= 4 is 23.1 Å². The zero-order valence-electron chi connectivity index (χ0n) is 10.6. The average Bonchev–Trinajstić information content (AvgIpc) is 2.81. The molecule has 2 heterocycles. The summed E-state index contributed by atoms with van der Waals surface area (Å²) < 4.78 is 0. The third-order valence-corrected chi connectivity index (χ3v) is 3.49. The van der Waals surface area contributed by atoms with Gasteiger partial charge in [-0.1, -0.05) is 0 Å². The summed E-state index contributed by atoms with van der Waals surface area (Å²) in [7, 11) is 0. The number of hydrogen-bond acceptors (Lipinski definition) is 7. The Hall–Kier alpha value is -1.73. The number of aryl methyl sites for hydroxylation is 1. The van der Waals surface area contributed by atoms with Crippen molar-refractivity contribution in [1.29, 1.82) is 0 Å². The van der Waals surface area contributed by atoms with Gasteiger partial charge in [0.05, 0.1) is 5.54 Å². The van der Waals surface area contributed by atoms with E-state index < -0.39 is 0 Å². The Balaban J connectivity index is 2.26. The van der Waals surface area contributed by atoms with Crippen LogP contribution >= 0.6 is 11.3 Å². The Labute approximate surface area is 110 Å². The quantitative estimate of drug-likeness (QED) is 0.577. The Morgan fingerprint density at radius 3 is 2.72 bits per heavy atom. The Morgan fingerprint density at radius 2 is 2.11 bits per heavy atom. The van der Waals surface area contributed by atoms with E-state index in [1.807, 2.05) is 18.4 Å². The second-order valence-corrected chi connectivity index (χ2v) is 5.34. The van der Waals surface area contributed by atoms with Crippen LogP contribution in [-0.4, -0.2) is 15.0 Å². The fourth-order valence-electron chi connectivity index (χ4n) is 1.60. The van der Waals surface area contributed by atoms with E-state index in [1.165, 1.54) is 0 Å². The van der Waals surface area contributed by atoms with Crippen LogP contribution in [0.4, 0.5) is 11.8 Å². The molecule has 0 radical (unpaired) electrons. The van der Waals surface area contributed by atoms with Gasteiger partial charge in [0.2, 0.25) is 5.95 Å². The maximum absolute atomic E-state index is 5.33. The van der Waals surface area contributed by atoms with Crippen LogP contribution in [0.5, 0.6) is 0 Å². The fourth-order valence-corrected chi connectivity index (χ4v) is 2.32. The largest absolute Gasteiger partial charge is 0.359 e. The van der Waals surface area contributed by atoms with Gasteiger partial charge in [-0.2, -0.15) is 4.98 Å². The van der Waals surface area contributed by atoms with Gasteiger partial charge in [0.25, 0.3) is 0 Å². The van der Waals surface area contributed by atoms with Crippen molar-refractivity contribution < 1.29 is 0 Å². The average molecular weight is 264 g/mol. The van der Waals surface area contributed by atoms with E-state index in [4.69, 9.17) is 5.84 Å². The van der Waals surface area contributed by atoms with E-state index >= 15 is 0 Å². The molecule has 0 aliphatic heterocycles. The molecule has 2 aromatic heterocycles. The highest BCUT2D eigenvalue weighted by Gasteiger charge is 2.23. The molecule has 0 aliphatic carbocycles. The SMILES string of the molecule is Cc1cc(NC(C)(C)c2nccs2)nc(NN)n1. The first kappa shape index (κ1) is 12.7. The first-order valence-corrected chi connectivity index (χ1v) is 6.40. The molecule has 6 nitrogen and oxygen atoms in total. The van der Waals surface area contributed by atoms with Crippen LogP contribution in [0.2, 0.25) is 0 Å². The number of thiazole rings is 1. The van der Waals surface area contributed by atoms with E-state index in [-0.39, 0.29) is 5.54 Å². The molecule has 0 bridgehead atoms. The lowest BCUT2D eigenvalue weighted by Crippen LogP contribution is -2.28. The second-order valence-electron chi connectivity index (χ2n) is 4.45. The first-order valence-electron chi connectivity index (χ1n) is 5.52. The Kier molecular flexibility index (Phi) is 3.44. The summed E-state index contributed by atoms with van der Waals surface area (Å²) in [4.78, 5) is 12.7. The number of nitrogens with zero attached hydrogens (tertiary/aromatic N) is 3. The molecule has 18 heavy (non-hydrogen) atoms. The third-order valence-electron chi connectivity index (χ3n) is 2.39. The van der Waals surface area contributed by atoms with Crippen molar-refractivity contribution in [3.8, 4) is 0 Å². The maximum atomic E-state index is 5.33. The van der Waals surface area contributed by atoms with Gasteiger partial charge in [-0.25, -0.2) is 15.8 Å². The molecule has 0 spiro atoms. The third kappa shape index (κ3) is 2.74. The fraction of sp³-hybridized carbons (Fsp3) is 0.364. The monoisotopic (exact) mass is 264 g/mol. The molecule has 0 fully saturated rings. The number of rotatable bonds is 4. The second kappa shape index (κ2) is 4.87. The summed E-state index contributed by atoms with van der Waals surface area (Å²) in [5.74, 6) is 6.45. The van der Waals surface area contributed by atoms with E-state index in [2.05, 4.69) is 39.5 Å². The van der Waals surface area contributed by atoms with E-state index in [0.717, 1.165) is 16.5 Å². The standard InChI is InChI=1S/C11H16N6S/c1-7-6-8(15-10(14-7)17-12)16-11(2,3)9-13-4-5-18-9/h4-6H,12H2,1-3H3,(H2,14,15,16,17). The normalized spacial score (nSPS) is 11.3. The van der Waals surface area contributed by atoms with Crippen LogP contribution in [0.25, 0.3) is 0 Å². The molecule has 0 saturated heterocycles. The van der Waals surface area contributed by atoms with Crippen LogP contribution in [0, 0.1) is 6.92 Å². The van der Waals surface area contributed by atoms with Gasteiger partial charge in [-0.15, -0.1) is 11.3 Å². The van der Waals surface area contributed by atoms with Crippen molar-refractivity contribution in [2.75, 3.05) is 10.7 Å². The summed E-state index contributed by atoms with van der Waals surface area (Å²) >= 11 is 1.61. The van der Waals surface area contributed by atoms with E-state index in [9.17, 15) is 0 Å². The maximum Gasteiger partial charge on any atom is 0.239 e. The minimum Gasteiger partial charge on any atom is -0.359 e. The van der Waals surface area contributed by atoms with Gasteiger partial charge in [0.1, 0.15) is 10.8 Å². The molecule has 7 heteroatoms. The van der Waals surface area contributed by atoms with Gasteiger partial charge in [-0.3, -0.25) is 5.43 Å². The molecular formula is C11H16N6S. The molecule has 0 unspecified atom stereocenters. The predicted molar refractivity (Wildman–Crippen MR) is 73.3 cm³/mol. The number of hydrogen-bond donors (Lipinski definition) is 3. The van der Waals surface area contributed by atoms with Crippen molar-refractivity contribution in [1.82, 2.24) is 15.0 Å². The lowest BCUT2D eigenvalue weighted by Gasteiger charge is -2.24. The van der Waals surface area contributed by atoms with E-state index in [0.29, 0.717) is 5.95 Å². The van der Waals surface area contributed by atoms with Crippen LogP contribution in [-0.2, 0) is 5.54 Å². The Bertz CT molecular complexity index is 522. The van der Waals surface area contributed by atoms with Crippen LogP contribution in [0.15, 0.2) is 17.6 Å². The molecule has 0 saturated carbocycles. The zero-order valence-corrected chi connectivity index (χ0v) is 11.4. The highest BCUT2D eigenvalue weighted by Crippen LogP contribution is 2.26. The molecule has 2 rings (SSSR count). The molecule has 4 N–H and O–H groups in total. The molecule has 0 aromatic carbocycles. The van der Waals surface area contributed by atoms with Crippen LogP contribution in [0.3, 0.4) is 0 Å². The summed E-state index contributed by atoms with van der Waals surface area (Å²) in [6.45, 7) is 6.00. The first-order chi connectivity index (χ1) is 8.51. The minimum atomic E-state index is -0.291. The highest BCUT2D eigenvalue weighted by atomic mass is 32.1. The zero-order chi connectivity index (χ0) is 13.2. The summed E-state index contributed by atoms with van der Waals surface area (Å²) in [5.41, 5.74) is 3.01.